The Morgan fingerprint density at radius 2 is 1.50 bits per heavy atom. The smallest absolute Gasteiger partial charge is 0.229 e. The zero-order chi connectivity index (χ0) is 26.9. The molecule has 2 atom stereocenters. The van der Waals surface area contributed by atoms with E-state index in [-0.39, 0.29) is 36.1 Å². The van der Waals surface area contributed by atoms with Gasteiger partial charge in [-0.3, -0.25) is 4.79 Å². The molecule has 0 unspecified atom stereocenters. The first-order valence-electron chi connectivity index (χ1n) is 14.2. The van der Waals surface area contributed by atoms with E-state index >= 15 is 0 Å². The standard InChI is InChI=1S/C31H43N3O3S.2ClH/c1-24(2)19-33-22-27(29(23-33)26-7-5-4-6-8-26)21-32-16-13-31(14-17-32)15-18-34(30(31)35)20-25-9-11-28(12-10-25)38(3,36)37;;/h4-12,24,27,29H,13-23H2,1-3H3;2*1H/t27-,29+;;/m0../s1. The molecule has 2 aromatic carbocycles. The highest BCUT2D eigenvalue weighted by atomic mass is 35.5. The van der Waals surface area contributed by atoms with Crippen molar-refractivity contribution < 1.29 is 13.2 Å². The van der Waals surface area contributed by atoms with Crippen LogP contribution in [-0.4, -0.2) is 81.1 Å². The molecule has 0 N–H and O–H groups in total. The summed E-state index contributed by atoms with van der Waals surface area (Å²) >= 11 is 0. The van der Waals surface area contributed by atoms with Crippen LogP contribution in [0.5, 0.6) is 0 Å². The van der Waals surface area contributed by atoms with Crippen LogP contribution >= 0.6 is 24.8 Å². The lowest BCUT2D eigenvalue weighted by molar-refractivity contribution is -0.139. The topological polar surface area (TPSA) is 60.9 Å². The molecule has 1 amide bonds. The Morgan fingerprint density at radius 3 is 2.10 bits per heavy atom. The van der Waals surface area contributed by atoms with Gasteiger partial charge in [0.05, 0.1) is 10.3 Å². The minimum atomic E-state index is -3.21. The predicted octanol–water partition coefficient (Wildman–Crippen LogP) is 5.12. The summed E-state index contributed by atoms with van der Waals surface area (Å²) in [5, 5.41) is 0. The molecule has 0 bridgehead atoms. The van der Waals surface area contributed by atoms with Crippen LogP contribution in [0.1, 0.15) is 50.2 Å². The molecule has 3 aliphatic rings. The molecule has 2 aromatic rings. The third-order valence-corrected chi connectivity index (χ3v) is 10.1. The lowest BCUT2D eigenvalue weighted by Gasteiger charge is -2.39. The molecule has 0 aromatic heterocycles. The summed E-state index contributed by atoms with van der Waals surface area (Å²) in [6.45, 7) is 12.5. The van der Waals surface area contributed by atoms with Gasteiger partial charge in [0.1, 0.15) is 0 Å². The van der Waals surface area contributed by atoms with E-state index in [2.05, 4.69) is 54.0 Å². The summed E-state index contributed by atoms with van der Waals surface area (Å²) in [5.41, 5.74) is 2.23. The highest BCUT2D eigenvalue weighted by Gasteiger charge is 2.48. The van der Waals surface area contributed by atoms with Crippen molar-refractivity contribution in [1.82, 2.24) is 14.7 Å². The number of rotatable bonds is 8. The molecule has 5 rings (SSSR count). The van der Waals surface area contributed by atoms with Crippen molar-refractivity contribution in [3.63, 3.8) is 0 Å². The van der Waals surface area contributed by atoms with Crippen molar-refractivity contribution in [2.24, 2.45) is 17.3 Å². The van der Waals surface area contributed by atoms with E-state index in [1.165, 1.54) is 11.8 Å². The van der Waals surface area contributed by atoms with Crippen molar-refractivity contribution in [2.45, 2.75) is 50.5 Å². The van der Waals surface area contributed by atoms with Crippen LogP contribution in [0.4, 0.5) is 0 Å². The molecule has 40 heavy (non-hydrogen) atoms. The first kappa shape index (κ1) is 32.9. The second-order valence-electron chi connectivity index (χ2n) is 12.4. The Labute approximate surface area is 253 Å². The summed E-state index contributed by atoms with van der Waals surface area (Å²) in [4.78, 5) is 21.1. The van der Waals surface area contributed by atoms with Gasteiger partial charge < -0.3 is 14.7 Å². The van der Waals surface area contributed by atoms with Gasteiger partial charge in [-0.15, -0.1) is 24.8 Å². The fourth-order valence-corrected chi connectivity index (χ4v) is 7.58. The van der Waals surface area contributed by atoms with Gasteiger partial charge in [-0.05, 0) is 67.4 Å². The van der Waals surface area contributed by atoms with Gasteiger partial charge in [0.25, 0.3) is 0 Å². The van der Waals surface area contributed by atoms with E-state index in [0.717, 1.165) is 70.6 Å². The molecule has 3 aliphatic heterocycles. The Morgan fingerprint density at radius 1 is 0.875 bits per heavy atom. The molecule has 3 heterocycles. The Kier molecular flexibility index (Phi) is 11.1. The molecule has 0 aliphatic carbocycles. The lowest BCUT2D eigenvalue weighted by Crippen LogP contribution is -2.46. The third-order valence-electron chi connectivity index (χ3n) is 9.00. The van der Waals surface area contributed by atoms with Gasteiger partial charge in [-0.25, -0.2) is 8.42 Å². The van der Waals surface area contributed by atoms with E-state index in [4.69, 9.17) is 0 Å². The average molecular weight is 611 g/mol. The quantitative estimate of drug-likeness (QED) is 0.416. The Balaban J connectivity index is 0.00000220. The van der Waals surface area contributed by atoms with Crippen LogP contribution in [0.2, 0.25) is 0 Å². The second-order valence-corrected chi connectivity index (χ2v) is 14.4. The van der Waals surface area contributed by atoms with Crippen LogP contribution < -0.4 is 0 Å². The molecule has 0 radical (unpaired) electrons. The summed E-state index contributed by atoms with van der Waals surface area (Å²) in [6.07, 6.45) is 4.03. The van der Waals surface area contributed by atoms with E-state index in [0.29, 0.717) is 29.2 Å². The van der Waals surface area contributed by atoms with Gasteiger partial charge >= 0.3 is 0 Å². The highest BCUT2D eigenvalue weighted by Crippen LogP contribution is 2.43. The minimum absolute atomic E-state index is 0. The maximum Gasteiger partial charge on any atom is 0.229 e. The normalized spacial score (nSPS) is 23.4. The average Bonchev–Trinajstić information content (AvgIpc) is 3.41. The summed E-state index contributed by atoms with van der Waals surface area (Å²) in [6, 6.07) is 18.0. The molecule has 0 saturated carbocycles. The molecule has 3 saturated heterocycles. The summed E-state index contributed by atoms with van der Waals surface area (Å²) in [7, 11) is -3.21. The van der Waals surface area contributed by atoms with Crippen LogP contribution in [-0.2, 0) is 21.2 Å². The number of nitrogens with zero attached hydrogens (tertiary/aromatic N) is 3. The third kappa shape index (κ3) is 7.40. The van der Waals surface area contributed by atoms with Crippen molar-refractivity contribution in [3.8, 4) is 0 Å². The molecule has 3 fully saturated rings. The Hall–Kier alpha value is -1.64. The molecular formula is C31H45Cl2N3O3S. The fraction of sp³-hybridized carbons (Fsp3) is 0.581. The lowest BCUT2D eigenvalue weighted by atomic mass is 9.76. The minimum Gasteiger partial charge on any atom is -0.338 e. The van der Waals surface area contributed by atoms with Crippen LogP contribution in [0.3, 0.4) is 0 Å². The van der Waals surface area contributed by atoms with E-state index < -0.39 is 9.84 Å². The number of sulfone groups is 1. The van der Waals surface area contributed by atoms with E-state index in [9.17, 15) is 13.2 Å². The van der Waals surface area contributed by atoms with E-state index in [1.807, 2.05) is 17.0 Å². The molecular weight excluding hydrogens is 565 g/mol. The van der Waals surface area contributed by atoms with E-state index in [1.54, 1.807) is 12.1 Å². The fourth-order valence-electron chi connectivity index (χ4n) is 6.95. The monoisotopic (exact) mass is 609 g/mol. The largest absolute Gasteiger partial charge is 0.338 e. The molecule has 222 valence electrons. The first-order valence-corrected chi connectivity index (χ1v) is 16.1. The first-order chi connectivity index (χ1) is 18.1. The second kappa shape index (κ2) is 13.6. The Bertz CT molecular complexity index is 1220. The zero-order valence-electron chi connectivity index (χ0n) is 24.0. The molecule has 1 spiro atoms. The number of amides is 1. The van der Waals surface area contributed by atoms with Crippen LogP contribution in [0.25, 0.3) is 0 Å². The number of carbonyl (C=O) groups excluding carboxylic acids is 1. The van der Waals surface area contributed by atoms with Crippen molar-refractivity contribution in [1.29, 1.82) is 0 Å². The van der Waals surface area contributed by atoms with Crippen molar-refractivity contribution in [3.05, 3.63) is 65.7 Å². The van der Waals surface area contributed by atoms with Gasteiger partial charge in [0.15, 0.2) is 9.84 Å². The number of hydrogen-bond acceptors (Lipinski definition) is 5. The van der Waals surface area contributed by atoms with Gasteiger partial charge in [0, 0.05) is 51.4 Å². The number of piperidine rings is 1. The zero-order valence-corrected chi connectivity index (χ0v) is 26.4. The van der Waals surface area contributed by atoms with Crippen molar-refractivity contribution >= 4 is 40.6 Å². The van der Waals surface area contributed by atoms with Gasteiger partial charge in [-0.2, -0.15) is 0 Å². The van der Waals surface area contributed by atoms with Crippen LogP contribution in [0, 0.1) is 17.3 Å². The van der Waals surface area contributed by atoms with Crippen LogP contribution in [0.15, 0.2) is 59.5 Å². The van der Waals surface area contributed by atoms with Gasteiger partial charge in [-0.1, -0.05) is 56.3 Å². The highest BCUT2D eigenvalue weighted by molar-refractivity contribution is 7.90. The maximum absolute atomic E-state index is 13.6. The number of halogens is 2. The predicted molar refractivity (Wildman–Crippen MR) is 166 cm³/mol. The summed E-state index contributed by atoms with van der Waals surface area (Å²) < 4.78 is 23.5. The molecule has 9 heteroatoms. The summed E-state index contributed by atoms with van der Waals surface area (Å²) in [5.74, 6) is 2.16. The van der Waals surface area contributed by atoms with Gasteiger partial charge in [0.2, 0.25) is 5.91 Å². The number of likely N-dealkylation sites (tertiary alicyclic amines) is 3. The SMILES string of the molecule is CC(C)CN1C[C@H](CN2CCC3(CC2)CCN(Cc2ccc(S(C)(=O)=O)cc2)C3=O)[C@@H](c2ccccc2)C1.Cl.Cl. The molecule has 6 nitrogen and oxygen atoms in total. The number of hydrogen-bond donors (Lipinski definition) is 0. The number of benzene rings is 2. The maximum atomic E-state index is 13.6. The number of carbonyl (C=O) groups is 1. The van der Waals surface area contributed by atoms with Crippen molar-refractivity contribution in [2.75, 3.05) is 52.1 Å².